The van der Waals surface area contributed by atoms with Gasteiger partial charge in [-0.3, -0.25) is 9.59 Å². The van der Waals surface area contributed by atoms with Crippen LogP contribution in [0.15, 0.2) is 0 Å². The molecule has 0 saturated carbocycles. The molecule has 1 amide bonds. The maximum absolute atomic E-state index is 11.7. The Bertz CT molecular complexity index is 415. The highest BCUT2D eigenvalue weighted by molar-refractivity contribution is 5.88. The van der Waals surface area contributed by atoms with Crippen molar-refractivity contribution in [2.75, 3.05) is 0 Å². The predicted octanol–water partition coefficient (Wildman–Crippen LogP) is 1.75. The number of hydrogen-bond acceptors (Lipinski definition) is 6. The lowest BCUT2D eigenvalue weighted by atomic mass is 10.0. The van der Waals surface area contributed by atoms with Gasteiger partial charge in [0.1, 0.15) is 6.04 Å². The number of esters is 2. The van der Waals surface area contributed by atoms with Gasteiger partial charge in [-0.1, -0.05) is 39.5 Å². The second kappa shape index (κ2) is 13.8. The minimum absolute atomic E-state index is 0.00948. The van der Waals surface area contributed by atoms with Crippen LogP contribution in [0.2, 0.25) is 0 Å². The molecule has 0 bridgehead atoms. The molecule has 0 aliphatic heterocycles. The Labute approximate surface area is 151 Å². The standard InChI is InChI=1S/C18H35N3O4/c1-3-13(2)17(21)18(24)25-16(23)12-6-4-5-9-14(19)10-7-8-11-15(20)22/h13-14,17H,3-12,19,21H2,1-2H3,(H2,20,22)/t13-,14?,17-/m0/s1. The highest BCUT2D eigenvalue weighted by Crippen LogP contribution is 2.11. The highest BCUT2D eigenvalue weighted by Gasteiger charge is 2.23. The van der Waals surface area contributed by atoms with Crippen LogP contribution >= 0.6 is 0 Å². The molecule has 0 aromatic heterocycles. The molecular formula is C18H35N3O4. The molecule has 0 spiro atoms. The third-order valence-corrected chi connectivity index (χ3v) is 4.45. The van der Waals surface area contributed by atoms with Crippen LogP contribution in [0.1, 0.15) is 78.1 Å². The molecule has 0 aliphatic rings. The molecule has 3 atom stereocenters. The van der Waals surface area contributed by atoms with Crippen molar-refractivity contribution in [3.63, 3.8) is 0 Å². The first kappa shape index (κ1) is 23.5. The molecule has 7 nitrogen and oxygen atoms in total. The monoisotopic (exact) mass is 357 g/mol. The van der Waals surface area contributed by atoms with Crippen LogP contribution in [0.4, 0.5) is 0 Å². The van der Waals surface area contributed by atoms with Gasteiger partial charge in [0.25, 0.3) is 0 Å². The van der Waals surface area contributed by atoms with E-state index in [2.05, 4.69) is 0 Å². The van der Waals surface area contributed by atoms with Crippen molar-refractivity contribution in [2.24, 2.45) is 23.1 Å². The van der Waals surface area contributed by atoms with Gasteiger partial charge >= 0.3 is 11.9 Å². The Kier molecular flexibility index (Phi) is 13.0. The van der Waals surface area contributed by atoms with Gasteiger partial charge < -0.3 is 21.9 Å². The van der Waals surface area contributed by atoms with Crippen molar-refractivity contribution in [3.8, 4) is 0 Å². The number of nitrogens with two attached hydrogens (primary N) is 3. The van der Waals surface area contributed by atoms with E-state index < -0.39 is 18.0 Å². The second-order valence-electron chi connectivity index (χ2n) is 6.78. The van der Waals surface area contributed by atoms with Gasteiger partial charge in [-0.2, -0.15) is 0 Å². The fourth-order valence-electron chi connectivity index (χ4n) is 2.42. The molecule has 0 rings (SSSR count). The zero-order chi connectivity index (χ0) is 19.2. The highest BCUT2D eigenvalue weighted by atomic mass is 16.6. The van der Waals surface area contributed by atoms with Gasteiger partial charge in [-0.15, -0.1) is 0 Å². The van der Waals surface area contributed by atoms with Crippen LogP contribution in [-0.2, 0) is 19.1 Å². The van der Waals surface area contributed by atoms with Crippen molar-refractivity contribution >= 4 is 17.8 Å². The van der Waals surface area contributed by atoms with Crippen LogP contribution in [-0.4, -0.2) is 29.9 Å². The van der Waals surface area contributed by atoms with Gasteiger partial charge in [0, 0.05) is 18.9 Å². The zero-order valence-corrected chi connectivity index (χ0v) is 15.7. The fourth-order valence-corrected chi connectivity index (χ4v) is 2.42. The lowest BCUT2D eigenvalue weighted by Gasteiger charge is -2.15. The molecule has 0 aliphatic carbocycles. The first-order valence-corrected chi connectivity index (χ1v) is 9.31. The Morgan fingerprint density at radius 2 is 1.48 bits per heavy atom. The van der Waals surface area contributed by atoms with Gasteiger partial charge in [0.15, 0.2) is 0 Å². The Morgan fingerprint density at radius 1 is 0.920 bits per heavy atom. The van der Waals surface area contributed by atoms with Gasteiger partial charge in [-0.05, 0) is 31.6 Å². The number of rotatable bonds is 14. The van der Waals surface area contributed by atoms with Crippen molar-refractivity contribution < 1.29 is 19.1 Å². The predicted molar refractivity (Wildman–Crippen MR) is 97.3 cm³/mol. The van der Waals surface area contributed by atoms with E-state index >= 15 is 0 Å². The number of primary amides is 1. The summed E-state index contributed by atoms with van der Waals surface area (Å²) >= 11 is 0. The summed E-state index contributed by atoms with van der Waals surface area (Å²) in [5, 5.41) is 0. The van der Waals surface area contributed by atoms with Crippen molar-refractivity contribution in [1.29, 1.82) is 0 Å². The number of carbonyl (C=O) groups is 3. The molecule has 0 radical (unpaired) electrons. The van der Waals surface area contributed by atoms with E-state index in [4.69, 9.17) is 21.9 Å². The fraction of sp³-hybridized carbons (Fsp3) is 0.833. The summed E-state index contributed by atoms with van der Waals surface area (Å²) in [6.07, 6.45) is 7.26. The third-order valence-electron chi connectivity index (χ3n) is 4.45. The Hall–Kier alpha value is -1.47. The minimum Gasteiger partial charge on any atom is -0.392 e. The van der Waals surface area contributed by atoms with Gasteiger partial charge in [-0.25, -0.2) is 4.79 Å². The maximum Gasteiger partial charge on any atom is 0.330 e. The van der Waals surface area contributed by atoms with Crippen molar-refractivity contribution in [1.82, 2.24) is 0 Å². The van der Waals surface area contributed by atoms with Gasteiger partial charge in [0.05, 0.1) is 0 Å². The van der Waals surface area contributed by atoms with Crippen LogP contribution < -0.4 is 17.2 Å². The lowest BCUT2D eigenvalue weighted by Crippen LogP contribution is -2.39. The first-order valence-electron chi connectivity index (χ1n) is 9.31. The number of carbonyl (C=O) groups excluding carboxylic acids is 3. The molecule has 146 valence electrons. The molecule has 0 fully saturated rings. The lowest BCUT2D eigenvalue weighted by molar-refractivity contribution is -0.161. The van der Waals surface area contributed by atoms with Gasteiger partial charge in [0.2, 0.25) is 5.91 Å². The summed E-state index contributed by atoms with van der Waals surface area (Å²) in [5.41, 5.74) is 16.8. The Balaban J connectivity index is 3.68. The summed E-state index contributed by atoms with van der Waals surface area (Å²) < 4.78 is 4.78. The van der Waals surface area contributed by atoms with Crippen LogP contribution in [0.5, 0.6) is 0 Å². The largest absolute Gasteiger partial charge is 0.392 e. The van der Waals surface area contributed by atoms with Crippen LogP contribution in [0.25, 0.3) is 0 Å². The molecule has 0 aromatic carbocycles. The van der Waals surface area contributed by atoms with Crippen LogP contribution in [0, 0.1) is 5.92 Å². The summed E-state index contributed by atoms with van der Waals surface area (Å²) in [6.45, 7) is 3.79. The molecule has 0 heterocycles. The second-order valence-corrected chi connectivity index (χ2v) is 6.78. The third kappa shape index (κ3) is 12.5. The molecule has 6 N–H and O–H groups in total. The molecule has 7 heteroatoms. The summed E-state index contributed by atoms with van der Waals surface area (Å²) in [6, 6.07) is -0.642. The molecule has 0 saturated heterocycles. The minimum atomic E-state index is -0.749. The zero-order valence-electron chi connectivity index (χ0n) is 15.7. The smallest absolute Gasteiger partial charge is 0.330 e. The number of ether oxygens (including phenoxy) is 1. The molecule has 0 aromatic rings. The van der Waals surface area contributed by atoms with E-state index in [0.717, 1.165) is 44.9 Å². The number of unbranched alkanes of at least 4 members (excludes halogenated alkanes) is 3. The Morgan fingerprint density at radius 3 is 2.04 bits per heavy atom. The summed E-state index contributed by atoms with van der Waals surface area (Å²) in [5.74, 6) is -1.44. The quantitative estimate of drug-likeness (QED) is 0.246. The van der Waals surface area contributed by atoms with Crippen molar-refractivity contribution in [2.45, 2.75) is 90.1 Å². The maximum atomic E-state index is 11.7. The number of hydrogen-bond donors (Lipinski definition) is 3. The SMILES string of the molecule is CC[C@H](C)[C@H](N)C(=O)OC(=O)CCCCCC(N)CCCCC(N)=O. The van der Waals surface area contributed by atoms with E-state index in [1.54, 1.807) is 0 Å². The van der Waals surface area contributed by atoms with E-state index in [-0.39, 0.29) is 24.3 Å². The van der Waals surface area contributed by atoms with E-state index in [0.29, 0.717) is 12.8 Å². The molecule has 1 unspecified atom stereocenters. The van der Waals surface area contributed by atoms with E-state index in [1.165, 1.54) is 0 Å². The topological polar surface area (TPSA) is 138 Å². The average Bonchev–Trinajstić information content (AvgIpc) is 2.56. The van der Waals surface area contributed by atoms with Crippen LogP contribution in [0.3, 0.4) is 0 Å². The summed E-state index contributed by atoms with van der Waals surface area (Å²) in [4.78, 5) is 33.9. The van der Waals surface area contributed by atoms with Crippen molar-refractivity contribution in [3.05, 3.63) is 0 Å². The summed E-state index contributed by atoms with van der Waals surface area (Å²) in [7, 11) is 0. The average molecular weight is 357 g/mol. The first-order chi connectivity index (χ1) is 11.8. The molecular weight excluding hydrogens is 322 g/mol. The normalized spacial score (nSPS) is 14.6. The van der Waals surface area contributed by atoms with E-state index in [1.807, 2.05) is 13.8 Å². The number of amides is 1. The molecule has 25 heavy (non-hydrogen) atoms. The van der Waals surface area contributed by atoms with E-state index in [9.17, 15) is 14.4 Å².